The fraction of sp³-hybridized carbons (Fsp3) is 0.143. The van der Waals surface area contributed by atoms with Crippen molar-refractivity contribution in [2.75, 3.05) is 7.11 Å². The summed E-state index contributed by atoms with van der Waals surface area (Å²) in [6.45, 7) is 0.204. The van der Waals surface area contributed by atoms with E-state index in [2.05, 4.69) is 10.3 Å². The molecule has 1 aromatic carbocycles. The van der Waals surface area contributed by atoms with Crippen LogP contribution >= 0.6 is 0 Å². The molecule has 6 heteroatoms. The topological polar surface area (TPSA) is 71.2 Å². The Labute approximate surface area is 114 Å². The lowest BCUT2D eigenvalue weighted by Gasteiger charge is -2.06. The van der Waals surface area contributed by atoms with E-state index in [9.17, 15) is 14.0 Å². The molecule has 2 rings (SSSR count). The first-order valence-corrected chi connectivity index (χ1v) is 5.89. The summed E-state index contributed by atoms with van der Waals surface area (Å²) >= 11 is 0. The third-order valence-corrected chi connectivity index (χ3v) is 2.74. The first kappa shape index (κ1) is 13.8. The number of aromatic amines is 1. The number of pyridine rings is 1. The summed E-state index contributed by atoms with van der Waals surface area (Å²) in [6.07, 6.45) is 2.68. The van der Waals surface area contributed by atoms with Gasteiger partial charge in [0.15, 0.2) is 5.75 Å². The van der Waals surface area contributed by atoms with Gasteiger partial charge >= 0.3 is 0 Å². The lowest BCUT2D eigenvalue weighted by molar-refractivity contribution is 0.0949. The molecule has 1 amide bonds. The van der Waals surface area contributed by atoms with Crippen molar-refractivity contribution in [1.29, 1.82) is 0 Å². The van der Waals surface area contributed by atoms with Crippen molar-refractivity contribution in [2.24, 2.45) is 0 Å². The number of halogens is 1. The summed E-state index contributed by atoms with van der Waals surface area (Å²) in [5, 5.41) is 2.59. The molecule has 0 saturated heterocycles. The van der Waals surface area contributed by atoms with Crippen LogP contribution in [0, 0.1) is 5.82 Å². The Bertz CT molecular complexity index is 665. The average Bonchev–Trinajstić information content (AvgIpc) is 2.46. The Hall–Kier alpha value is -2.63. The van der Waals surface area contributed by atoms with Crippen molar-refractivity contribution >= 4 is 5.91 Å². The Morgan fingerprint density at radius 1 is 1.30 bits per heavy atom. The van der Waals surface area contributed by atoms with Gasteiger partial charge < -0.3 is 15.0 Å². The Morgan fingerprint density at radius 3 is 2.65 bits per heavy atom. The number of nitrogens with one attached hydrogen (secondary N) is 2. The zero-order valence-electron chi connectivity index (χ0n) is 10.8. The summed E-state index contributed by atoms with van der Waals surface area (Å²) in [6, 6.07) is 5.73. The van der Waals surface area contributed by atoms with Crippen LogP contribution in [-0.2, 0) is 6.54 Å². The van der Waals surface area contributed by atoms with Crippen LogP contribution in [0.2, 0.25) is 0 Å². The summed E-state index contributed by atoms with van der Waals surface area (Å²) in [5.41, 5.74) is 0.216. The van der Waals surface area contributed by atoms with E-state index >= 15 is 0 Å². The fourth-order valence-electron chi connectivity index (χ4n) is 1.66. The standard InChI is InChI=1S/C14H13FN2O3/c1-20-12-8-16-7-11(13(12)18)14(19)17-6-9-2-4-10(15)5-3-9/h2-5,7-8H,6H2,1H3,(H,16,18)(H,17,19). The SMILES string of the molecule is COc1c[nH]cc(C(=O)NCc2ccc(F)cc2)c1=O. The minimum Gasteiger partial charge on any atom is -0.491 e. The summed E-state index contributed by atoms with van der Waals surface area (Å²) in [4.78, 5) is 26.4. The molecule has 1 aromatic heterocycles. The second-order valence-electron chi connectivity index (χ2n) is 4.08. The van der Waals surface area contributed by atoms with Gasteiger partial charge in [0.1, 0.15) is 11.4 Å². The highest BCUT2D eigenvalue weighted by molar-refractivity contribution is 5.94. The summed E-state index contributed by atoms with van der Waals surface area (Å²) in [7, 11) is 1.35. The van der Waals surface area contributed by atoms with Crippen LogP contribution < -0.4 is 15.5 Å². The monoisotopic (exact) mass is 276 g/mol. The zero-order valence-corrected chi connectivity index (χ0v) is 10.8. The van der Waals surface area contributed by atoms with Gasteiger partial charge in [-0.05, 0) is 17.7 Å². The van der Waals surface area contributed by atoms with E-state index in [4.69, 9.17) is 4.74 Å². The van der Waals surface area contributed by atoms with E-state index in [0.29, 0.717) is 0 Å². The lowest BCUT2D eigenvalue weighted by Crippen LogP contribution is -2.28. The quantitative estimate of drug-likeness (QED) is 0.888. The maximum absolute atomic E-state index is 12.7. The normalized spacial score (nSPS) is 10.1. The zero-order chi connectivity index (χ0) is 14.5. The van der Waals surface area contributed by atoms with E-state index in [-0.39, 0.29) is 23.7 Å². The highest BCUT2D eigenvalue weighted by Crippen LogP contribution is 2.04. The molecule has 0 atom stereocenters. The molecule has 104 valence electrons. The van der Waals surface area contributed by atoms with Crippen molar-refractivity contribution in [3.8, 4) is 5.75 Å². The van der Waals surface area contributed by atoms with Crippen LogP contribution in [0.25, 0.3) is 0 Å². The second-order valence-corrected chi connectivity index (χ2v) is 4.08. The summed E-state index contributed by atoms with van der Waals surface area (Å²) in [5.74, 6) is -0.793. The minimum absolute atomic E-state index is 0.0357. The smallest absolute Gasteiger partial charge is 0.257 e. The fourth-order valence-corrected chi connectivity index (χ4v) is 1.66. The second kappa shape index (κ2) is 6.01. The number of amides is 1. The highest BCUT2D eigenvalue weighted by Gasteiger charge is 2.13. The van der Waals surface area contributed by atoms with Crippen molar-refractivity contribution < 1.29 is 13.9 Å². The number of aromatic nitrogens is 1. The number of carbonyl (C=O) groups excluding carboxylic acids is 1. The molecule has 0 bridgehead atoms. The van der Waals surface area contributed by atoms with Crippen LogP contribution in [-0.4, -0.2) is 18.0 Å². The minimum atomic E-state index is -0.519. The van der Waals surface area contributed by atoms with Crippen LogP contribution in [0.3, 0.4) is 0 Å². The molecular formula is C14H13FN2O3. The van der Waals surface area contributed by atoms with E-state index in [1.54, 1.807) is 12.1 Å². The van der Waals surface area contributed by atoms with Crippen molar-refractivity contribution in [3.05, 3.63) is 63.8 Å². The molecule has 0 aliphatic heterocycles. The number of hydrogen-bond donors (Lipinski definition) is 2. The molecule has 0 saturated carbocycles. The van der Waals surface area contributed by atoms with Crippen molar-refractivity contribution in [2.45, 2.75) is 6.54 Å². The molecule has 2 N–H and O–H groups in total. The van der Waals surface area contributed by atoms with Gasteiger partial charge in [0.05, 0.1) is 7.11 Å². The van der Waals surface area contributed by atoms with E-state index in [0.717, 1.165) is 5.56 Å². The van der Waals surface area contributed by atoms with E-state index < -0.39 is 11.3 Å². The molecule has 1 heterocycles. The third kappa shape index (κ3) is 3.03. The van der Waals surface area contributed by atoms with Gasteiger partial charge in [0.25, 0.3) is 5.91 Å². The predicted molar refractivity (Wildman–Crippen MR) is 71.2 cm³/mol. The number of rotatable bonds is 4. The molecule has 0 fully saturated rings. The van der Waals surface area contributed by atoms with Gasteiger partial charge in [-0.3, -0.25) is 9.59 Å². The van der Waals surface area contributed by atoms with Gasteiger partial charge in [0.2, 0.25) is 5.43 Å². The Balaban J connectivity index is 2.09. The maximum atomic E-state index is 12.7. The highest BCUT2D eigenvalue weighted by atomic mass is 19.1. The molecule has 20 heavy (non-hydrogen) atoms. The first-order chi connectivity index (χ1) is 9.61. The molecule has 0 radical (unpaired) electrons. The molecule has 0 spiro atoms. The van der Waals surface area contributed by atoms with E-state index in [1.165, 1.54) is 31.6 Å². The molecule has 2 aromatic rings. The van der Waals surface area contributed by atoms with Gasteiger partial charge in [-0.1, -0.05) is 12.1 Å². The molecular weight excluding hydrogens is 263 g/mol. The molecule has 0 unspecified atom stereocenters. The number of methoxy groups -OCH3 is 1. The summed E-state index contributed by atoms with van der Waals surface area (Å²) < 4.78 is 17.6. The van der Waals surface area contributed by atoms with Gasteiger partial charge in [0, 0.05) is 18.9 Å². The molecule has 0 aliphatic rings. The molecule has 5 nitrogen and oxygen atoms in total. The number of benzene rings is 1. The first-order valence-electron chi connectivity index (χ1n) is 5.89. The Morgan fingerprint density at radius 2 is 2.00 bits per heavy atom. The third-order valence-electron chi connectivity index (χ3n) is 2.74. The van der Waals surface area contributed by atoms with Crippen LogP contribution in [0.15, 0.2) is 41.5 Å². The van der Waals surface area contributed by atoms with Crippen molar-refractivity contribution in [1.82, 2.24) is 10.3 Å². The number of hydrogen-bond acceptors (Lipinski definition) is 3. The molecule has 0 aliphatic carbocycles. The van der Waals surface area contributed by atoms with Crippen LogP contribution in [0.5, 0.6) is 5.75 Å². The van der Waals surface area contributed by atoms with Crippen LogP contribution in [0.4, 0.5) is 4.39 Å². The van der Waals surface area contributed by atoms with Gasteiger partial charge in [-0.25, -0.2) is 4.39 Å². The largest absolute Gasteiger partial charge is 0.491 e. The van der Waals surface area contributed by atoms with Crippen molar-refractivity contribution in [3.63, 3.8) is 0 Å². The average molecular weight is 276 g/mol. The number of H-pyrrole nitrogens is 1. The van der Waals surface area contributed by atoms with Gasteiger partial charge in [-0.15, -0.1) is 0 Å². The Kier molecular flexibility index (Phi) is 4.14. The van der Waals surface area contributed by atoms with Gasteiger partial charge in [-0.2, -0.15) is 0 Å². The predicted octanol–water partition coefficient (Wildman–Crippen LogP) is 1.45. The maximum Gasteiger partial charge on any atom is 0.257 e. The van der Waals surface area contributed by atoms with E-state index in [1.807, 2.05) is 0 Å². The van der Waals surface area contributed by atoms with Crippen LogP contribution in [0.1, 0.15) is 15.9 Å². The lowest BCUT2D eigenvalue weighted by atomic mass is 10.2. The number of carbonyl (C=O) groups is 1. The number of ether oxygens (including phenoxy) is 1.